The molecule has 0 spiro atoms. The van der Waals surface area contributed by atoms with Crippen LogP contribution in [0.15, 0.2) is 6.20 Å². The Kier molecular flexibility index (Phi) is 3.28. The number of nitrogens with zero attached hydrogens (tertiary/aromatic N) is 1. The zero-order chi connectivity index (χ0) is 11.6. The molecule has 0 fully saturated rings. The van der Waals surface area contributed by atoms with Crippen LogP contribution in [0.25, 0.3) is 0 Å². The van der Waals surface area contributed by atoms with Gasteiger partial charge in [-0.2, -0.15) is 0 Å². The zero-order valence-electron chi connectivity index (χ0n) is 8.05. The van der Waals surface area contributed by atoms with E-state index < -0.39 is 35.2 Å². The van der Waals surface area contributed by atoms with Crippen LogP contribution in [0.2, 0.25) is 0 Å². The summed E-state index contributed by atoms with van der Waals surface area (Å²) in [7, 11) is 0. The fourth-order valence-electron chi connectivity index (χ4n) is 0.856. The molecule has 0 aromatic carbocycles. The van der Waals surface area contributed by atoms with E-state index in [0.717, 1.165) is 0 Å². The Morgan fingerprint density at radius 2 is 1.93 bits per heavy atom. The molecule has 6 heteroatoms. The van der Waals surface area contributed by atoms with Crippen LogP contribution < -0.4 is 0 Å². The van der Waals surface area contributed by atoms with Gasteiger partial charge in [0, 0.05) is 0 Å². The van der Waals surface area contributed by atoms with Gasteiger partial charge in [0.1, 0.15) is 0 Å². The number of hydrogen-bond donors (Lipinski definition) is 0. The average Bonchev–Trinajstić information content (AvgIpc) is 2.13. The van der Waals surface area contributed by atoms with E-state index in [1.54, 1.807) is 0 Å². The maximum atomic E-state index is 13.0. The van der Waals surface area contributed by atoms with Crippen LogP contribution in [0, 0.1) is 17.5 Å². The summed E-state index contributed by atoms with van der Waals surface area (Å²) in [5, 5.41) is 0. The second-order valence-electron chi connectivity index (χ2n) is 3.04. The molecule has 0 aliphatic rings. The minimum atomic E-state index is -1.74. The highest BCUT2D eigenvalue weighted by molar-refractivity contribution is 5.87. The number of aromatic nitrogens is 1. The van der Waals surface area contributed by atoms with E-state index in [1.165, 1.54) is 13.8 Å². The van der Waals surface area contributed by atoms with Crippen molar-refractivity contribution in [1.82, 2.24) is 4.98 Å². The molecule has 3 nitrogen and oxygen atoms in total. The van der Waals surface area contributed by atoms with Crippen LogP contribution in [0.1, 0.15) is 24.3 Å². The van der Waals surface area contributed by atoms with E-state index in [0.29, 0.717) is 6.20 Å². The summed E-state index contributed by atoms with van der Waals surface area (Å²) in [4.78, 5) is 14.3. The van der Waals surface area contributed by atoms with Gasteiger partial charge in [0.15, 0.2) is 23.1 Å². The Bertz CT molecular complexity index is 393. The van der Waals surface area contributed by atoms with Gasteiger partial charge in [-0.15, -0.1) is 0 Å². The second-order valence-corrected chi connectivity index (χ2v) is 3.04. The van der Waals surface area contributed by atoms with E-state index in [9.17, 15) is 18.0 Å². The first-order valence-corrected chi connectivity index (χ1v) is 4.14. The summed E-state index contributed by atoms with van der Waals surface area (Å²) in [6.45, 7) is 3.07. The first-order chi connectivity index (χ1) is 6.93. The van der Waals surface area contributed by atoms with Crippen LogP contribution in [0.3, 0.4) is 0 Å². The van der Waals surface area contributed by atoms with Gasteiger partial charge in [0.25, 0.3) is 0 Å². The Morgan fingerprint density at radius 1 is 1.33 bits per heavy atom. The van der Waals surface area contributed by atoms with E-state index in [-0.39, 0.29) is 0 Å². The number of hydrogen-bond acceptors (Lipinski definition) is 3. The van der Waals surface area contributed by atoms with Gasteiger partial charge in [-0.3, -0.25) is 0 Å². The number of pyridine rings is 1. The van der Waals surface area contributed by atoms with Crippen molar-refractivity contribution in [2.45, 2.75) is 20.0 Å². The van der Waals surface area contributed by atoms with E-state index in [1.807, 2.05) is 0 Å². The topological polar surface area (TPSA) is 39.2 Å². The highest BCUT2D eigenvalue weighted by atomic mass is 19.2. The van der Waals surface area contributed by atoms with Crippen molar-refractivity contribution < 1.29 is 22.7 Å². The van der Waals surface area contributed by atoms with Gasteiger partial charge in [0.2, 0.25) is 0 Å². The van der Waals surface area contributed by atoms with Gasteiger partial charge in [0.05, 0.1) is 12.3 Å². The van der Waals surface area contributed by atoms with Gasteiger partial charge in [-0.25, -0.2) is 22.9 Å². The molecule has 0 aliphatic heterocycles. The van der Waals surface area contributed by atoms with E-state index >= 15 is 0 Å². The molecule has 15 heavy (non-hydrogen) atoms. The standard InChI is InChI=1S/C9H8F3NO2/c1-4(2)15-9(14)8-7(12)6(11)5(10)3-13-8/h3-4H,1-2H3. The van der Waals surface area contributed by atoms with Crippen molar-refractivity contribution in [1.29, 1.82) is 0 Å². The molecule has 1 aromatic heterocycles. The van der Waals surface area contributed by atoms with Crippen molar-refractivity contribution in [3.05, 3.63) is 29.3 Å². The second kappa shape index (κ2) is 4.29. The van der Waals surface area contributed by atoms with Crippen molar-refractivity contribution in [3.8, 4) is 0 Å². The third-order valence-corrected chi connectivity index (χ3v) is 1.45. The van der Waals surface area contributed by atoms with Gasteiger partial charge in [-0.1, -0.05) is 0 Å². The smallest absolute Gasteiger partial charge is 0.360 e. The summed E-state index contributed by atoms with van der Waals surface area (Å²) < 4.78 is 42.7. The molecule has 0 N–H and O–H groups in total. The summed E-state index contributed by atoms with van der Waals surface area (Å²) in [6, 6.07) is 0. The molecular weight excluding hydrogens is 211 g/mol. The fourth-order valence-corrected chi connectivity index (χ4v) is 0.856. The maximum absolute atomic E-state index is 13.0. The summed E-state index contributed by atoms with van der Waals surface area (Å²) in [5.74, 6) is -5.95. The minimum Gasteiger partial charge on any atom is -0.458 e. The molecule has 0 atom stereocenters. The monoisotopic (exact) mass is 219 g/mol. The molecule has 0 amide bonds. The third kappa shape index (κ3) is 2.45. The molecule has 0 bridgehead atoms. The highest BCUT2D eigenvalue weighted by Gasteiger charge is 2.22. The lowest BCUT2D eigenvalue weighted by molar-refractivity contribution is 0.0363. The average molecular weight is 219 g/mol. The number of carbonyl (C=O) groups excluding carboxylic acids is 1. The Labute approximate surface area is 83.9 Å². The van der Waals surface area contributed by atoms with Crippen LogP contribution in [0.5, 0.6) is 0 Å². The van der Waals surface area contributed by atoms with E-state index in [4.69, 9.17) is 0 Å². The Morgan fingerprint density at radius 3 is 2.47 bits per heavy atom. The highest BCUT2D eigenvalue weighted by Crippen LogP contribution is 2.13. The van der Waals surface area contributed by atoms with Gasteiger partial charge < -0.3 is 4.74 Å². The minimum absolute atomic E-state index is 0.426. The first kappa shape index (κ1) is 11.5. The zero-order valence-corrected chi connectivity index (χ0v) is 8.05. The number of carbonyl (C=O) groups is 1. The number of ether oxygens (including phenoxy) is 1. The number of rotatable bonds is 2. The molecule has 0 saturated heterocycles. The Balaban J connectivity index is 3.06. The lowest BCUT2D eigenvalue weighted by atomic mass is 10.3. The molecule has 1 heterocycles. The molecule has 0 aliphatic carbocycles. The largest absolute Gasteiger partial charge is 0.458 e. The molecule has 0 radical (unpaired) electrons. The normalized spacial score (nSPS) is 10.5. The molecule has 1 aromatic rings. The van der Waals surface area contributed by atoms with Gasteiger partial charge >= 0.3 is 5.97 Å². The third-order valence-electron chi connectivity index (χ3n) is 1.45. The lowest BCUT2D eigenvalue weighted by Crippen LogP contribution is -2.16. The van der Waals surface area contributed by atoms with Crippen molar-refractivity contribution in [3.63, 3.8) is 0 Å². The maximum Gasteiger partial charge on any atom is 0.360 e. The molecule has 0 unspecified atom stereocenters. The van der Waals surface area contributed by atoms with E-state index in [2.05, 4.69) is 9.72 Å². The predicted molar refractivity (Wildman–Crippen MR) is 44.7 cm³/mol. The fraction of sp³-hybridized carbons (Fsp3) is 0.333. The Hall–Kier alpha value is -1.59. The van der Waals surface area contributed by atoms with Crippen LogP contribution in [0.4, 0.5) is 13.2 Å². The summed E-state index contributed by atoms with van der Waals surface area (Å²) in [6.07, 6.45) is -0.0678. The van der Waals surface area contributed by atoms with Crippen LogP contribution in [-0.2, 0) is 4.74 Å². The number of esters is 1. The first-order valence-electron chi connectivity index (χ1n) is 4.14. The predicted octanol–water partition coefficient (Wildman–Crippen LogP) is 2.06. The molecule has 1 rings (SSSR count). The van der Waals surface area contributed by atoms with Crippen molar-refractivity contribution in [2.75, 3.05) is 0 Å². The van der Waals surface area contributed by atoms with Crippen LogP contribution >= 0.6 is 0 Å². The van der Waals surface area contributed by atoms with Crippen molar-refractivity contribution >= 4 is 5.97 Å². The molecule has 82 valence electrons. The van der Waals surface area contributed by atoms with Gasteiger partial charge in [-0.05, 0) is 13.8 Å². The summed E-state index contributed by atoms with van der Waals surface area (Å²) >= 11 is 0. The number of halogens is 3. The van der Waals surface area contributed by atoms with Crippen molar-refractivity contribution in [2.24, 2.45) is 0 Å². The molecular formula is C9H8F3NO2. The molecule has 0 saturated carbocycles. The SMILES string of the molecule is CC(C)OC(=O)c1ncc(F)c(F)c1F. The quantitative estimate of drug-likeness (QED) is 0.714. The summed E-state index contributed by atoms with van der Waals surface area (Å²) in [5.41, 5.74) is -0.859. The lowest BCUT2D eigenvalue weighted by Gasteiger charge is -2.07. The van der Waals surface area contributed by atoms with Crippen LogP contribution in [-0.4, -0.2) is 17.1 Å².